The smallest absolute Gasteiger partial charge is 0.138 e. The van der Waals surface area contributed by atoms with Crippen molar-refractivity contribution in [3.8, 4) is 11.3 Å². The molecule has 4 heteroatoms. The van der Waals surface area contributed by atoms with Gasteiger partial charge in [0.15, 0.2) is 0 Å². The molecular formula is C10H6BrFN2. The summed E-state index contributed by atoms with van der Waals surface area (Å²) in [6, 6.07) is 8.42. The van der Waals surface area contributed by atoms with Crippen molar-refractivity contribution in [2.45, 2.75) is 0 Å². The lowest BCUT2D eigenvalue weighted by atomic mass is 10.1. The molecule has 0 aliphatic rings. The highest BCUT2D eigenvalue weighted by molar-refractivity contribution is 9.10. The Balaban J connectivity index is 2.48. The van der Waals surface area contributed by atoms with Crippen LogP contribution in [0.3, 0.4) is 0 Å². The third-order valence-electron chi connectivity index (χ3n) is 1.79. The van der Waals surface area contributed by atoms with E-state index in [1.807, 2.05) is 0 Å². The summed E-state index contributed by atoms with van der Waals surface area (Å²) in [5.41, 5.74) is 1.39. The quantitative estimate of drug-likeness (QED) is 0.780. The Bertz CT molecular complexity index is 445. The van der Waals surface area contributed by atoms with E-state index >= 15 is 0 Å². The second-order valence-electron chi connectivity index (χ2n) is 2.74. The van der Waals surface area contributed by atoms with E-state index in [-0.39, 0.29) is 5.82 Å². The van der Waals surface area contributed by atoms with E-state index < -0.39 is 0 Å². The van der Waals surface area contributed by atoms with Crippen molar-refractivity contribution >= 4 is 15.9 Å². The first-order chi connectivity index (χ1) is 6.77. The number of hydrogen-bond acceptors (Lipinski definition) is 2. The molecule has 0 N–H and O–H groups in total. The summed E-state index contributed by atoms with van der Waals surface area (Å²) in [6.45, 7) is 0. The minimum absolute atomic E-state index is 0.298. The van der Waals surface area contributed by atoms with Crippen LogP contribution in [0.1, 0.15) is 0 Å². The van der Waals surface area contributed by atoms with Crippen LogP contribution in [0, 0.1) is 5.82 Å². The molecule has 0 aliphatic carbocycles. The standard InChI is InChI=1S/C10H6BrFN2/c11-8-4-3-7(6-9(8)12)10-2-1-5-13-14-10/h1-6H. The maximum Gasteiger partial charge on any atom is 0.138 e. The molecule has 14 heavy (non-hydrogen) atoms. The number of benzene rings is 1. The molecule has 0 spiro atoms. The van der Waals surface area contributed by atoms with E-state index in [0.29, 0.717) is 10.2 Å². The van der Waals surface area contributed by atoms with Gasteiger partial charge in [0.25, 0.3) is 0 Å². The van der Waals surface area contributed by atoms with Gasteiger partial charge in [0.05, 0.1) is 10.2 Å². The highest BCUT2D eigenvalue weighted by atomic mass is 79.9. The molecule has 0 aliphatic heterocycles. The number of halogens is 2. The molecule has 0 fully saturated rings. The topological polar surface area (TPSA) is 25.8 Å². The molecule has 2 nitrogen and oxygen atoms in total. The normalized spacial score (nSPS) is 10.1. The van der Waals surface area contributed by atoms with Gasteiger partial charge in [-0.2, -0.15) is 10.2 Å². The minimum atomic E-state index is -0.298. The molecule has 0 unspecified atom stereocenters. The Morgan fingerprint density at radius 3 is 2.71 bits per heavy atom. The van der Waals surface area contributed by atoms with Crippen LogP contribution >= 0.6 is 15.9 Å². The highest BCUT2D eigenvalue weighted by Gasteiger charge is 2.03. The molecule has 70 valence electrons. The Morgan fingerprint density at radius 1 is 1.21 bits per heavy atom. The average Bonchev–Trinajstić information content (AvgIpc) is 2.23. The molecule has 0 radical (unpaired) electrons. The molecular weight excluding hydrogens is 247 g/mol. The SMILES string of the molecule is Fc1cc(-c2cccnn2)ccc1Br. The largest absolute Gasteiger partial charge is 0.206 e. The molecule has 0 saturated heterocycles. The Hall–Kier alpha value is -1.29. The van der Waals surface area contributed by atoms with E-state index in [4.69, 9.17) is 0 Å². The zero-order chi connectivity index (χ0) is 9.97. The fourth-order valence-corrected chi connectivity index (χ4v) is 1.36. The predicted octanol–water partition coefficient (Wildman–Crippen LogP) is 3.05. The molecule has 0 bridgehead atoms. The third-order valence-corrected chi connectivity index (χ3v) is 2.43. The summed E-state index contributed by atoms with van der Waals surface area (Å²) in [4.78, 5) is 0. The van der Waals surface area contributed by atoms with Crippen LogP contribution in [0.4, 0.5) is 4.39 Å². The lowest BCUT2D eigenvalue weighted by Gasteiger charge is -2.00. The van der Waals surface area contributed by atoms with Crippen molar-refractivity contribution in [1.29, 1.82) is 0 Å². The zero-order valence-corrected chi connectivity index (χ0v) is 8.70. The predicted molar refractivity (Wildman–Crippen MR) is 55.1 cm³/mol. The Labute approximate surface area is 88.9 Å². The van der Waals surface area contributed by atoms with Gasteiger partial charge in [-0.05, 0) is 40.2 Å². The third kappa shape index (κ3) is 1.80. The van der Waals surface area contributed by atoms with Gasteiger partial charge in [-0.25, -0.2) is 4.39 Å². The summed E-state index contributed by atoms with van der Waals surface area (Å²) in [7, 11) is 0. The van der Waals surface area contributed by atoms with E-state index in [1.54, 1.807) is 30.5 Å². The first kappa shape index (κ1) is 9.27. The fourth-order valence-electron chi connectivity index (χ4n) is 1.11. The van der Waals surface area contributed by atoms with Crippen molar-refractivity contribution in [2.75, 3.05) is 0 Å². The van der Waals surface area contributed by atoms with Gasteiger partial charge in [-0.15, -0.1) is 0 Å². The lowest BCUT2D eigenvalue weighted by Crippen LogP contribution is -1.87. The van der Waals surface area contributed by atoms with Gasteiger partial charge in [0.1, 0.15) is 5.82 Å². The van der Waals surface area contributed by atoms with E-state index in [0.717, 1.165) is 5.56 Å². The van der Waals surface area contributed by atoms with Crippen LogP contribution in [0.25, 0.3) is 11.3 Å². The van der Waals surface area contributed by atoms with Gasteiger partial charge in [0, 0.05) is 11.8 Å². The molecule has 0 atom stereocenters. The average molecular weight is 253 g/mol. The number of rotatable bonds is 1. The number of nitrogens with zero attached hydrogens (tertiary/aromatic N) is 2. The molecule has 0 amide bonds. The summed E-state index contributed by atoms with van der Waals surface area (Å²) < 4.78 is 13.6. The van der Waals surface area contributed by atoms with Crippen molar-refractivity contribution < 1.29 is 4.39 Å². The van der Waals surface area contributed by atoms with Crippen molar-refractivity contribution in [1.82, 2.24) is 10.2 Å². The minimum Gasteiger partial charge on any atom is -0.206 e. The van der Waals surface area contributed by atoms with Gasteiger partial charge >= 0.3 is 0 Å². The lowest BCUT2D eigenvalue weighted by molar-refractivity contribution is 0.621. The maximum absolute atomic E-state index is 13.2. The summed E-state index contributed by atoms with van der Waals surface area (Å²) in [6.07, 6.45) is 1.58. The molecule has 1 aromatic carbocycles. The molecule has 2 rings (SSSR count). The first-order valence-corrected chi connectivity index (χ1v) is 4.80. The zero-order valence-electron chi connectivity index (χ0n) is 7.11. The Kier molecular flexibility index (Phi) is 2.54. The van der Waals surface area contributed by atoms with Crippen LogP contribution in [0.15, 0.2) is 41.0 Å². The van der Waals surface area contributed by atoms with Gasteiger partial charge in [-0.3, -0.25) is 0 Å². The Morgan fingerprint density at radius 2 is 2.07 bits per heavy atom. The van der Waals surface area contributed by atoms with Crippen molar-refractivity contribution in [3.63, 3.8) is 0 Å². The summed E-state index contributed by atoms with van der Waals surface area (Å²) in [5.74, 6) is -0.298. The second-order valence-corrected chi connectivity index (χ2v) is 3.59. The van der Waals surface area contributed by atoms with Crippen LogP contribution in [0.2, 0.25) is 0 Å². The first-order valence-electron chi connectivity index (χ1n) is 4.00. The van der Waals surface area contributed by atoms with Gasteiger partial charge in [-0.1, -0.05) is 6.07 Å². The number of hydrogen-bond donors (Lipinski definition) is 0. The van der Waals surface area contributed by atoms with Gasteiger partial charge < -0.3 is 0 Å². The maximum atomic E-state index is 13.2. The van der Waals surface area contributed by atoms with E-state index in [9.17, 15) is 4.39 Å². The summed E-state index contributed by atoms with van der Waals surface area (Å²) in [5, 5.41) is 7.62. The van der Waals surface area contributed by atoms with Crippen LogP contribution in [-0.4, -0.2) is 10.2 Å². The molecule has 0 saturated carbocycles. The van der Waals surface area contributed by atoms with Crippen LogP contribution in [-0.2, 0) is 0 Å². The monoisotopic (exact) mass is 252 g/mol. The second kappa shape index (κ2) is 3.84. The van der Waals surface area contributed by atoms with Crippen molar-refractivity contribution in [3.05, 3.63) is 46.8 Å². The van der Waals surface area contributed by atoms with Crippen LogP contribution in [0.5, 0.6) is 0 Å². The van der Waals surface area contributed by atoms with E-state index in [1.165, 1.54) is 6.07 Å². The van der Waals surface area contributed by atoms with Crippen molar-refractivity contribution in [2.24, 2.45) is 0 Å². The molecule has 1 heterocycles. The van der Waals surface area contributed by atoms with Gasteiger partial charge in [0.2, 0.25) is 0 Å². The summed E-state index contributed by atoms with van der Waals surface area (Å²) >= 11 is 3.09. The van der Waals surface area contributed by atoms with E-state index in [2.05, 4.69) is 26.1 Å². The molecule has 2 aromatic rings. The van der Waals surface area contributed by atoms with Crippen LogP contribution < -0.4 is 0 Å². The highest BCUT2D eigenvalue weighted by Crippen LogP contribution is 2.22. The number of aromatic nitrogens is 2. The fraction of sp³-hybridized carbons (Fsp3) is 0. The molecule has 1 aromatic heterocycles.